The second-order valence-corrected chi connectivity index (χ2v) is 7.09. The first-order valence-electron chi connectivity index (χ1n) is 7.58. The Balaban J connectivity index is 1.74. The van der Waals surface area contributed by atoms with Crippen LogP contribution in [0.15, 0.2) is 0 Å². The first kappa shape index (κ1) is 14.3. The van der Waals surface area contributed by atoms with Gasteiger partial charge in [-0.1, -0.05) is 13.8 Å². The van der Waals surface area contributed by atoms with E-state index in [1.165, 1.54) is 25.7 Å². The predicted molar refractivity (Wildman–Crippen MR) is 75.7 cm³/mol. The van der Waals surface area contributed by atoms with Crippen molar-refractivity contribution < 1.29 is 5.11 Å². The van der Waals surface area contributed by atoms with Crippen LogP contribution in [0.1, 0.15) is 52.4 Å². The average molecular weight is 254 g/mol. The normalized spacial score (nSPS) is 33.0. The molecule has 3 nitrogen and oxygen atoms in total. The number of fused-ring (bicyclic) bond motifs is 2. The number of rotatable bonds is 6. The van der Waals surface area contributed by atoms with Gasteiger partial charge >= 0.3 is 0 Å². The molecule has 0 aromatic heterocycles. The molecule has 0 aliphatic carbocycles. The van der Waals surface area contributed by atoms with Gasteiger partial charge < -0.3 is 15.3 Å². The molecule has 2 unspecified atom stereocenters. The van der Waals surface area contributed by atoms with Crippen molar-refractivity contribution in [2.75, 3.05) is 20.2 Å². The summed E-state index contributed by atoms with van der Waals surface area (Å²) in [6.07, 6.45) is 7.47. The van der Waals surface area contributed by atoms with Crippen molar-refractivity contribution in [2.24, 2.45) is 5.41 Å². The lowest BCUT2D eigenvalue weighted by Crippen LogP contribution is -2.48. The van der Waals surface area contributed by atoms with Crippen molar-refractivity contribution in [3.8, 4) is 0 Å². The third-order valence-electron chi connectivity index (χ3n) is 4.98. The van der Waals surface area contributed by atoms with Gasteiger partial charge in [0.05, 0.1) is 0 Å². The molecule has 2 atom stereocenters. The third-order valence-corrected chi connectivity index (χ3v) is 4.98. The van der Waals surface area contributed by atoms with E-state index in [0.717, 1.165) is 31.5 Å². The van der Waals surface area contributed by atoms with Gasteiger partial charge in [0.25, 0.3) is 0 Å². The summed E-state index contributed by atoms with van der Waals surface area (Å²) in [5, 5.41) is 12.7. The van der Waals surface area contributed by atoms with Crippen LogP contribution in [-0.4, -0.2) is 48.3 Å². The zero-order chi connectivity index (χ0) is 13.2. The highest BCUT2D eigenvalue weighted by atomic mass is 16.2. The van der Waals surface area contributed by atoms with E-state index in [1.807, 2.05) is 0 Å². The minimum Gasteiger partial charge on any atom is -0.396 e. The lowest BCUT2D eigenvalue weighted by atomic mass is 9.87. The van der Waals surface area contributed by atoms with Crippen molar-refractivity contribution in [2.45, 2.75) is 70.5 Å². The highest BCUT2D eigenvalue weighted by molar-refractivity contribution is 4.96. The first-order chi connectivity index (χ1) is 8.52. The van der Waals surface area contributed by atoms with Crippen molar-refractivity contribution in [1.82, 2.24) is 10.2 Å². The number of aliphatic hydroxyl groups excluding tert-OH is 1. The van der Waals surface area contributed by atoms with E-state index >= 15 is 0 Å². The quantitative estimate of drug-likeness (QED) is 0.761. The first-order valence-corrected chi connectivity index (χ1v) is 7.58. The van der Waals surface area contributed by atoms with Crippen molar-refractivity contribution in [3.63, 3.8) is 0 Å². The van der Waals surface area contributed by atoms with Crippen LogP contribution in [0.25, 0.3) is 0 Å². The molecule has 2 aliphatic rings. The van der Waals surface area contributed by atoms with E-state index in [-0.39, 0.29) is 0 Å². The maximum Gasteiger partial charge on any atom is 0.0431 e. The lowest BCUT2D eigenvalue weighted by molar-refractivity contribution is 0.139. The molecule has 2 rings (SSSR count). The topological polar surface area (TPSA) is 35.5 Å². The fourth-order valence-electron chi connectivity index (χ4n) is 3.64. The van der Waals surface area contributed by atoms with Crippen LogP contribution in [0.4, 0.5) is 0 Å². The Bertz CT molecular complexity index is 253. The molecule has 106 valence electrons. The predicted octanol–water partition coefficient (Wildman–Crippen LogP) is 2.00. The summed E-state index contributed by atoms with van der Waals surface area (Å²) in [4.78, 5) is 2.59. The minimum absolute atomic E-state index is 0.311. The highest BCUT2D eigenvalue weighted by Gasteiger charge is 2.38. The second kappa shape index (κ2) is 5.89. The highest BCUT2D eigenvalue weighted by Crippen LogP contribution is 2.34. The van der Waals surface area contributed by atoms with E-state index in [0.29, 0.717) is 18.1 Å². The third kappa shape index (κ3) is 3.46. The van der Waals surface area contributed by atoms with Gasteiger partial charge in [0.15, 0.2) is 0 Å². The van der Waals surface area contributed by atoms with E-state index in [9.17, 15) is 0 Å². The summed E-state index contributed by atoms with van der Waals surface area (Å²) in [5.74, 6) is 0. The van der Waals surface area contributed by atoms with Crippen molar-refractivity contribution in [1.29, 1.82) is 0 Å². The Morgan fingerprint density at radius 1 is 1.22 bits per heavy atom. The minimum atomic E-state index is 0.311. The smallest absolute Gasteiger partial charge is 0.0431 e. The Labute approximate surface area is 112 Å². The molecule has 3 heteroatoms. The Morgan fingerprint density at radius 3 is 2.39 bits per heavy atom. The van der Waals surface area contributed by atoms with Gasteiger partial charge in [-0.25, -0.2) is 0 Å². The van der Waals surface area contributed by atoms with Crippen LogP contribution >= 0.6 is 0 Å². The lowest BCUT2D eigenvalue weighted by Gasteiger charge is -2.38. The monoisotopic (exact) mass is 254 g/mol. The summed E-state index contributed by atoms with van der Waals surface area (Å²) in [6.45, 7) is 6.01. The molecular formula is C15H30N2O. The van der Waals surface area contributed by atoms with E-state index < -0.39 is 0 Å². The summed E-state index contributed by atoms with van der Waals surface area (Å²) >= 11 is 0. The molecule has 2 bridgehead atoms. The van der Waals surface area contributed by atoms with Crippen molar-refractivity contribution in [3.05, 3.63) is 0 Å². The molecule has 0 saturated carbocycles. The Hall–Kier alpha value is -0.120. The summed E-state index contributed by atoms with van der Waals surface area (Å²) < 4.78 is 0. The van der Waals surface area contributed by atoms with Gasteiger partial charge in [-0.15, -0.1) is 0 Å². The largest absolute Gasteiger partial charge is 0.396 e. The molecule has 2 N–H and O–H groups in total. The molecular weight excluding hydrogens is 224 g/mol. The van der Waals surface area contributed by atoms with Gasteiger partial charge in [0.2, 0.25) is 0 Å². The number of piperidine rings is 1. The van der Waals surface area contributed by atoms with E-state index in [1.54, 1.807) is 0 Å². The number of hydrogen-bond donors (Lipinski definition) is 2. The van der Waals surface area contributed by atoms with Crippen molar-refractivity contribution >= 4 is 0 Å². The number of aliphatic hydroxyl groups is 1. The molecule has 2 heterocycles. The molecule has 2 saturated heterocycles. The van der Waals surface area contributed by atoms with Crippen LogP contribution in [0.5, 0.6) is 0 Å². The van der Waals surface area contributed by atoms with Gasteiger partial charge in [-0.2, -0.15) is 0 Å². The van der Waals surface area contributed by atoms with Crippen LogP contribution < -0.4 is 5.32 Å². The molecule has 0 amide bonds. The van der Waals surface area contributed by atoms with Gasteiger partial charge in [0.1, 0.15) is 0 Å². The molecule has 2 fully saturated rings. The zero-order valence-electron chi connectivity index (χ0n) is 12.3. The SMILES string of the molecule is CN1C2CCC1CC(NCC(C)(C)CCCO)C2. The maximum absolute atomic E-state index is 8.93. The Kier molecular flexibility index (Phi) is 4.68. The van der Waals surface area contributed by atoms with Gasteiger partial charge in [-0.3, -0.25) is 0 Å². The van der Waals surface area contributed by atoms with Crippen LogP contribution in [0, 0.1) is 5.41 Å². The van der Waals surface area contributed by atoms with Crippen LogP contribution in [-0.2, 0) is 0 Å². The molecule has 0 radical (unpaired) electrons. The Morgan fingerprint density at radius 2 is 1.83 bits per heavy atom. The van der Waals surface area contributed by atoms with E-state index in [4.69, 9.17) is 5.11 Å². The van der Waals surface area contributed by atoms with Crippen LogP contribution in [0.3, 0.4) is 0 Å². The zero-order valence-corrected chi connectivity index (χ0v) is 12.3. The average Bonchev–Trinajstić information content (AvgIpc) is 2.56. The molecule has 0 spiro atoms. The van der Waals surface area contributed by atoms with Gasteiger partial charge in [-0.05, 0) is 51.0 Å². The molecule has 0 aromatic carbocycles. The van der Waals surface area contributed by atoms with Crippen LogP contribution in [0.2, 0.25) is 0 Å². The summed E-state index contributed by atoms with van der Waals surface area (Å²) in [7, 11) is 2.30. The van der Waals surface area contributed by atoms with E-state index in [2.05, 4.69) is 31.1 Å². The number of hydrogen-bond acceptors (Lipinski definition) is 3. The fourth-order valence-corrected chi connectivity index (χ4v) is 3.64. The molecule has 18 heavy (non-hydrogen) atoms. The van der Waals surface area contributed by atoms with Gasteiger partial charge in [0, 0.05) is 31.3 Å². The fraction of sp³-hybridized carbons (Fsp3) is 1.00. The molecule has 0 aromatic rings. The standard InChI is InChI=1S/C15H30N2O/c1-15(2,7-4-8-18)11-16-12-9-13-5-6-14(10-12)17(13)3/h12-14,16,18H,4-11H2,1-3H3. The maximum atomic E-state index is 8.93. The summed E-state index contributed by atoms with van der Waals surface area (Å²) in [6, 6.07) is 2.36. The molecule has 2 aliphatic heterocycles. The second-order valence-electron chi connectivity index (χ2n) is 7.09. The number of nitrogens with one attached hydrogen (secondary N) is 1. The number of nitrogens with zero attached hydrogens (tertiary/aromatic N) is 1. The summed E-state index contributed by atoms with van der Waals surface area (Å²) in [5.41, 5.74) is 0.311.